The lowest BCUT2D eigenvalue weighted by atomic mass is 9.72. The normalized spacial score (nSPS) is 21.0. The molecule has 7 rings (SSSR count). The number of morpholine rings is 1. The Kier molecular flexibility index (Phi) is 5.50. The molecule has 0 aliphatic carbocycles. The first-order valence-electron chi connectivity index (χ1n) is 12.9. The smallest absolute Gasteiger partial charge is 0.165 e. The van der Waals surface area contributed by atoms with Crippen LogP contribution in [0.25, 0.3) is 32.5 Å². The minimum Gasteiger partial charge on any atom is -0.378 e. The molecule has 0 unspecified atom stereocenters. The van der Waals surface area contributed by atoms with E-state index in [9.17, 15) is 0 Å². The summed E-state index contributed by atoms with van der Waals surface area (Å²) in [5.41, 5.74) is 2.77. The van der Waals surface area contributed by atoms with Crippen molar-refractivity contribution in [2.24, 2.45) is 5.41 Å². The number of ether oxygens (including phenoxy) is 1. The highest BCUT2D eigenvalue weighted by Gasteiger charge is 2.44. The molecule has 3 aliphatic heterocycles. The van der Waals surface area contributed by atoms with Gasteiger partial charge < -0.3 is 19.5 Å². The minimum atomic E-state index is -0.297. The third-order valence-corrected chi connectivity index (χ3v) is 9.27. The number of likely N-dealkylation sites (tertiary alicyclic amines) is 2. The van der Waals surface area contributed by atoms with E-state index in [0.29, 0.717) is 30.0 Å². The molecule has 3 fully saturated rings. The van der Waals surface area contributed by atoms with Crippen LogP contribution in [-0.2, 0) is 11.3 Å². The van der Waals surface area contributed by atoms with Crippen molar-refractivity contribution in [2.45, 2.75) is 19.4 Å². The molecular formula is C27H31FN6OS. The monoisotopic (exact) mass is 506 g/mol. The average Bonchev–Trinajstić information content (AvgIpc) is 3.51. The summed E-state index contributed by atoms with van der Waals surface area (Å²) < 4.78 is 21.8. The van der Waals surface area contributed by atoms with Crippen molar-refractivity contribution in [3.05, 3.63) is 41.2 Å². The van der Waals surface area contributed by atoms with E-state index >= 15 is 4.39 Å². The molecule has 0 saturated carbocycles. The van der Waals surface area contributed by atoms with E-state index in [-0.39, 0.29) is 5.82 Å². The Labute approximate surface area is 213 Å². The van der Waals surface area contributed by atoms with Gasteiger partial charge in [-0.05, 0) is 62.7 Å². The van der Waals surface area contributed by atoms with Crippen molar-refractivity contribution in [2.75, 3.05) is 64.4 Å². The first-order valence-corrected chi connectivity index (χ1v) is 13.7. The number of aromatic nitrogens is 3. The summed E-state index contributed by atoms with van der Waals surface area (Å²) in [6.45, 7) is 8.63. The van der Waals surface area contributed by atoms with Gasteiger partial charge >= 0.3 is 0 Å². The average molecular weight is 507 g/mol. The van der Waals surface area contributed by atoms with E-state index in [2.05, 4.69) is 32.8 Å². The van der Waals surface area contributed by atoms with Crippen LogP contribution < -0.4 is 4.90 Å². The van der Waals surface area contributed by atoms with Gasteiger partial charge in [0.25, 0.3) is 0 Å². The van der Waals surface area contributed by atoms with Crippen LogP contribution in [0.5, 0.6) is 0 Å². The lowest BCUT2D eigenvalue weighted by molar-refractivity contribution is -0.0465. The SMILES string of the molecule is CN1CCC2(CC1)CN(Cc1cc3nc(-c4c(F)ccc5[nH]ccc45)nc(N4CCOCC4)c3s1)C2. The predicted octanol–water partition coefficient (Wildman–Crippen LogP) is 4.34. The summed E-state index contributed by atoms with van der Waals surface area (Å²) in [7, 11) is 2.23. The third-order valence-electron chi connectivity index (χ3n) is 8.17. The second-order valence-electron chi connectivity index (χ2n) is 10.7. The number of halogens is 1. The fourth-order valence-electron chi connectivity index (χ4n) is 6.12. The van der Waals surface area contributed by atoms with Gasteiger partial charge in [-0.3, -0.25) is 4.90 Å². The number of anilines is 1. The van der Waals surface area contributed by atoms with E-state index in [1.807, 2.05) is 12.3 Å². The number of thiophene rings is 1. The largest absolute Gasteiger partial charge is 0.378 e. The standard InChI is InChI=1S/C27H31FN6OS/c1-32-8-5-27(6-9-32)16-33(17-27)15-18-14-22-24(36-18)26(34-10-12-35-13-11-34)31-25(30-22)23-19-4-7-29-21(19)3-2-20(23)28/h2-4,7,14,29H,5-6,8-13,15-17H2,1H3. The number of nitrogens with zero attached hydrogens (tertiary/aromatic N) is 5. The molecule has 1 N–H and O–H groups in total. The Morgan fingerprint density at radius 3 is 2.69 bits per heavy atom. The molecule has 7 nitrogen and oxygen atoms in total. The zero-order valence-electron chi connectivity index (χ0n) is 20.6. The molecule has 6 heterocycles. The van der Waals surface area contributed by atoms with E-state index in [1.54, 1.807) is 17.4 Å². The molecule has 1 aromatic carbocycles. The zero-order chi connectivity index (χ0) is 24.3. The molecule has 3 aromatic heterocycles. The third kappa shape index (κ3) is 3.89. The van der Waals surface area contributed by atoms with Gasteiger partial charge in [0, 0.05) is 54.7 Å². The number of H-pyrrole nitrogens is 1. The van der Waals surface area contributed by atoms with Crippen LogP contribution in [0.3, 0.4) is 0 Å². The fourth-order valence-corrected chi connectivity index (χ4v) is 7.28. The summed E-state index contributed by atoms with van der Waals surface area (Å²) in [6.07, 6.45) is 4.44. The molecule has 36 heavy (non-hydrogen) atoms. The predicted molar refractivity (Wildman–Crippen MR) is 142 cm³/mol. The lowest BCUT2D eigenvalue weighted by Gasteiger charge is -2.53. The number of nitrogens with one attached hydrogen (secondary N) is 1. The second-order valence-corrected chi connectivity index (χ2v) is 11.8. The molecule has 3 aliphatic rings. The summed E-state index contributed by atoms with van der Waals surface area (Å²) >= 11 is 1.79. The summed E-state index contributed by atoms with van der Waals surface area (Å²) in [5.74, 6) is 1.05. The second kappa shape index (κ2) is 8.76. The van der Waals surface area contributed by atoms with Gasteiger partial charge in [0.2, 0.25) is 0 Å². The van der Waals surface area contributed by atoms with Crippen LogP contribution in [0.1, 0.15) is 17.7 Å². The Morgan fingerprint density at radius 2 is 1.89 bits per heavy atom. The van der Waals surface area contributed by atoms with E-state index in [0.717, 1.165) is 46.6 Å². The number of aromatic amines is 1. The first-order chi connectivity index (χ1) is 17.6. The van der Waals surface area contributed by atoms with E-state index in [4.69, 9.17) is 14.7 Å². The molecule has 9 heteroatoms. The van der Waals surface area contributed by atoms with Gasteiger partial charge in [0.1, 0.15) is 5.82 Å². The number of benzene rings is 1. The van der Waals surface area contributed by atoms with E-state index < -0.39 is 0 Å². The summed E-state index contributed by atoms with van der Waals surface area (Å²) in [6, 6.07) is 7.36. The highest BCUT2D eigenvalue weighted by atomic mass is 32.1. The Bertz CT molecular complexity index is 1410. The van der Waals surface area contributed by atoms with Crippen LogP contribution >= 0.6 is 11.3 Å². The van der Waals surface area contributed by atoms with Crippen molar-refractivity contribution < 1.29 is 9.13 Å². The van der Waals surface area contributed by atoms with Gasteiger partial charge in [-0.15, -0.1) is 11.3 Å². The van der Waals surface area contributed by atoms with Gasteiger partial charge in [-0.1, -0.05) is 0 Å². The Hall–Kier alpha value is -2.59. The van der Waals surface area contributed by atoms with Gasteiger partial charge in [-0.2, -0.15) is 0 Å². The lowest BCUT2D eigenvalue weighted by Crippen LogP contribution is -2.59. The molecule has 0 bridgehead atoms. The summed E-state index contributed by atoms with van der Waals surface area (Å²) in [4.78, 5) is 21.7. The maximum Gasteiger partial charge on any atom is 0.165 e. The molecule has 1 spiro atoms. The molecule has 3 saturated heterocycles. The topological polar surface area (TPSA) is 60.5 Å². The van der Waals surface area contributed by atoms with E-state index in [1.165, 1.54) is 50.0 Å². The number of fused-ring (bicyclic) bond motifs is 2. The molecule has 0 amide bonds. The number of rotatable bonds is 4. The highest BCUT2D eigenvalue weighted by Crippen LogP contribution is 2.42. The van der Waals surface area contributed by atoms with Crippen LogP contribution in [0.15, 0.2) is 30.5 Å². The van der Waals surface area contributed by atoms with Crippen LogP contribution in [0.2, 0.25) is 0 Å². The van der Waals surface area contributed by atoms with Crippen molar-refractivity contribution in [3.8, 4) is 11.4 Å². The Morgan fingerprint density at radius 1 is 1.08 bits per heavy atom. The quantitative estimate of drug-likeness (QED) is 0.444. The van der Waals surface area contributed by atoms with Crippen molar-refractivity contribution >= 4 is 38.3 Å². The Balaban J connectivity index is 1.24. The fraction of sp³-hybridized carbons (Fsp3) is 0.481. The van der Waals surface area contributed by atoms with Gasteiger partial charge in [-0.25, -0.2) is 14.4 Å². The van der Waals surface area contributed by atoms with Gasteiger partial charge in [0.15, 0.2) is 11.6 Å². The van der Waals surface area contributed by atoms with Crippen molar-refractivity contribution in [1.82, 2.24) is 24.8 Å². The van der Waals surface area contributed by atoms with Crippen molar-refractivity contribution in [3.63, 3.8) is 0 Å². The van der Waals surface area contributed by atoms with Crippen LogP contribution in [0, 0.1) is 11.2 Å². The zero-order valence-corrected chi connectivity index (χ0v) is 21.4. The molecular weight excluding hydrogens is 475 g/mol. The molecule has 0 radical (unpaired) electrons. The highest BCUT2D eigenvalue weighted by molar-refractivity contribution is 7.19. The first kappa shape index (κ1) is 22.6. The van der Waals surface area contributed by atoms with Gasteiger partial charge in [0.05, 0.1) is 29.0 Å². The molecule has 188 valence electrons. The maximum atomic E-state index is 15.2. The number of piperidine rings is 1. The maximum absolute atomic E-state index is 15.2. The van der Waals surface area contributed by atoms with Crippen molar-refractivity contribution in [1.29, 1.82) is 0 Å². The van der Waals surface area contributed by atoms with Crippen LogP contribution in [-0.4, -0.2) is 84.3 Å². The number of hydrogen-bond donors (Lipinski definition) is 1. The number of hydrogen-bond acceptors (Lipinski definition) is 7. The minimum absolute atomic E-state index is 0.297. The van der Waals surface area contributed by atoms with Crippen LogP contribution in [0.4, 0.5) is 10.2 Å². The molecule has 4 aromatic rings. The summed E-state index contributed by atoms with van der Waals surface area (Å²) in [5, 5.41) is 0.807. The molecule has 0 atom stereocenters.